The Morgan fingerprint density at radius 3 is 2.61 bits per heavy atom. The number of hydrogen-bond donors (Lipinski definition) is 1. The van der Waals surface area contributed by atoms with E-state index in [1.807, 2.05) is 19.9 Å². The third-order valence-electron chi connectivity index (χ3n) is 5.15. The molecule has 0 unspecified atom stereocenters. The first-order valence-corrected chi connectivity index (χ1v) is 10.8. The van der Waals surface area contributed by atoms with Gasteiger partial charge in [-0.05, 0) is 63.1 Å². The van der Waals surface area contributed by atoms with Gasteiger partial charge in [0.2, 0.25) is 0 Å². The van der Waals surface area contributed by atoms with E-state index in [1.54, 1.807) is 12.1 Å². The molecule has 2 rings (SSSR count). The summed E-state index contributed by atoms with van der Waals surface area (Å²) in [5, 5.41) is 10.7. The van der Waals surface area contributed by atoms with Gasteiger partial charge in [-0.2, -0.15) is 0 Å². The molecule has 0 saturated carbocycles. The zero-order valence-corrected chi connectivity index (χ0v) is 20.1. The van der Waals surface area contributed by atoms with Gasteiger partial charge in [0.25, 0.3) is 10.4 Å². The Bertz CT molecular complexity index is 829. The molecule has 0 spiro atoms. The van der Waals surface area contributed by atoms with Crippen molar-refractivity contribution in [2.45, 2.75) is 65.2 Å². The monoisotopic (exact) mass is 416 g/mol. The van der Waals surface area contributed by atoms with E-state index in [0.717, 1.165) is 48.8 Å². The molecule has 1 aliphatic rings. The van der Waals surface area contributed by atoms with Crippen LogP contribution in [0.2, 0.25) is 0 Å². The van der Waals surface area contributed by atoms with Gasteiger partial charge in [-0.25, -0.2) is 8.42 Å². The Labute approximate surface area is 191 Å². The van der Waals surface area contributed by atoms with E-state index in [4.69, 9.17) is 4.18 Å². The summed E-state index contributed by atoms with van der Waals surface area (Å²) in [6.45, 7) is 10.1. The third-order valence-corrected chi connectivity index (χ3v) is 5.54. The minimum atomic E-state index is -4.95. The van der Waals surface area contributed by atoms with Crippen LogP contribution < -0.4 is 33.7 Å². The van der Waals surface area contributed by atoms with Crippen LogP contribution in [0.15, 0.2) is 35.9 Å². The summed E-state index contributed by atoms with van der Waals surface area (Å²) in [6.07, 6.45) is 7.45. The SMILES string of the molecule is C=C(C)[C@@H]1CCC(C)=C[C@H]1c1c(O)cc(CCCCC)cc1OS(=O)(=O)[O-].[Na+]. The predicted octanol–water partition coefficient (Wildman–Crippen LogP) is 1.98. The van der Waals surface area contributed by atoms with Gasteiger partial charge in [-0.1, -0.05) is 43.6 Å². The quantitative estimate of drug-likeness (QED) is 0.230. The van der Waals surface area contributed by atoms with Crippen molar-refractivity contribution in [2.24, 2.45) is 5.92 Å². The largest absolute Gasteiger partial charge is 1.00 e. The first kappa shape index (κ1) is 25.2. The summed E-state index contributed by atoms with van der Waals surface area (Å²) in [6, 6.07) is 3.23. The molecular formula is C21H29NaO5S. The van der Waals surface area contributed by atoms with E-state index in [0.29, 0.717) is 12.0 Å². The first-order valence-electron chi connectivity index (χ1n) is 9.46. The van der Waals surface area contributed by atoms with Crippen molar-refractivity contribution in [2.75, 3.05) is 0 Å². The maximum atomic E-state index is 11.3. The molecule has 1 aromatic rings. The number of unbranched alkanes of at least 4 members (excludes halogenated alkanes) is 2. The minimum Gasteiger partial charge on any atom is -0.716 e. The molecule has 0 aromatic heterocycles. The summed E-state index contributed by atoms with van der Waals surface area (Å²) in [7, 11) is -4.95. The predicted molar refractivity (Wildman–Crippen MR) is 106 cm³/mol. The minimum absolute atomic E-state index is 0. The van der Waals surface area contributed by atoms with Crippen LogP contribution in [0, 0.1) is 5.92 Å². The molecule has 0 amide bonds. The van der Waals surface area contributed by atoms with Gasteiger partial charge in [0.05, 0.1) is 0 Å². The number of rotatable bonds is 8. The van der Waals surface area contributed by atoms with Crippen molar-refractivity contribution in [3.8, 4) is 11.5 Å². The summed E-state index contributed by atoms with van der Waals surface area (Å²) in [5.41, 5.74) is 3.21. The fourth-order valence-electron chi connectivity index (χ4n) is 3.81. The number of allylic oxidation sites excluding steroid dienone is 3. The zero-order valence-electron chi connectivity index (χ0n) is 17.3. The number of benzene rings is 1. The van der Waals surface area contributed by atoms with Crippen molar-refractivity contribution in [1.29, 1.82) is 0 Å². The van der Waals surface area contributed by atoms with E-state index >= 15 is 0 Å². The average Bonchev–Trinajstić information content (AvgIpc) is 2.53. The maximum absolute atomic E-state index is 11.3. The molecule has 0 radical (unpaired) electrons. The molecule has 0 saturated heterocycles. The van der Waals surface area contributed by atoms with Crippen LogP contribution >= 0.6 is 0 Å². The summed E-state index contributed by atoms with van der Waals surface area (Å²) >= 11 is 0. The van der Waals surface area contributed by atoms with Gasteiger partial charge in [-0.3, -0.25) is 0 Å². The first-order chi connectivity index (χ1) is 12.6. The van der Waals surface area contributed by atoms with Crippen LogP contribution in [0.4, 0.5) is 0 Å². The smallest absolute Gasteiger partial charge is 0.716 e. The molecule has 1 aliphatic carbocycles. The van der Waals surface area contributed by atoms with Crippen LogP contribution in [-0.2, 0) is 16.8 Å². The fourth-order valence-corrected chi connectivity index (χ4v) is 4.17. The molecule has 2 atom stereocenters. The van der Waals surface area contributed by atoms with E-state index in [2.05, 4.69) is 13.5 Å². The summed E-state index contributed by atoms with van der Waals surface area (Å²) in [5.74, 6) is -0.344. The van der Waals surface area contributed by atoms with Gasteiger partial charge in [0.1, 0.15) is 11.5 Å². The Kier molecular flexibility index (Phi) is 9.77. The molecule has 28 heavy (non-hydrogen) atoms. The second kappa shape index (κ2) is 10.8. The molecule has 0 bridgehead atoms. The van der Waals surface area contributed by atoms with Gasteiger partial charge in [0, 0.05) is 11.5 Å². The van der Waals surface area contributed by atoms with Crippen LogP contribution in [0.5, 0.6) is 11.5 Å². The van der Waals surface area contributed by atoms with Crippen molar-refractivity contribution in [3.63, 3.8) is 0 Å². The van der Waals surface area contributed by atoms with Crippen LogP contribution in [-0.4, -0.2) is 18.1 Å². The Morgan fingerprint density at radius 1 is 1.36 bits per heavy atom. The molecule has 5 nitrogen and oxygen atoms in total. The zero-order chi connectivity index (χ0) is 20.2. The van der Waals surface area contributed by atoms with Gasteiger partial charge < -0.3 is 13.8 Å². The van der Waals surface area contributed by atoms with E-state index in [-0.39, 0.29) is 52.9 Å². The molecular weight excluding hydrogens is 387 g/mol. The number of phenolic OH excluding ortho intramolecular Hbond substituents is 1. The molecule has 0 heterocycles. The topological polar surface area (TPSA) is 86.7 Å². The van der Waals surface area contributed by atoms with Gasteiger partial charge >= 0.3 is 29.6 Å². The molecule has 0 aliphatic heterocycles. The molecule has 1 aromatic carbocycles. The Hall–Kier alpha value is -0.790. The van der Waals surface area contributed by atoms with Gasteiger partial charge in [-0.15, -0.1) is 0 Å². The van der Waals surface area contributed by atoms with Crippen molar-refractivity contribution >= 4 is 10.4 Å². The van der Waals surface area contributed by atoms with E-state index in [1.165, 1.54) is 0 Å². The van der Waals surface area contributed by atoms with Crippen LogP contribution in [0.25, 0.3) is 0 Å². The van der Waals surface area contributed by atoms with E-state index < -0.39 is 10.4 Å². The Morgan fingerprint density at radius 2 is 2.04 bits per heavy atom. The normalized spacial score (nSPS) is 19.5. The van der Waals surface area contributed by atoms with Crippen molar-refractivity contribution in [1.82, 2.24) is 0 Å². The average molecular weight is 417 g/mol. The van der Waals surface area contributed by atoms with Crippen LogP contribution in [0.3, 0.4) is 0 Å². The summed E-state index contributed by atoms with van der Waals surface area (Å²) < 4.78 is 38.7. The number of phenols is 1. The summed E-state index contributed by atoms with van der Waals surface area (Å²) in [4.78, 5) is 0. The van der Waals surface area contributed by atoms with Crippen molar-refractivity contribution in [3.05, 3.63) is 47.1 Å². The molecule has 0 fully saturated rings. The van der Waals surface area contributed by atoms with Gasteiger partial charge in [0.15, 0.2) is 0 Å². The number of aromatic hydroxyl groups is 1. The second-order valence-corrected chi connectivity index (χ2v) is 8.49. The third kappa shape index (κ3) is 6.92. The molecule has 1 N–H and O–H groups in total. The maximum Gasteiger partial charge on any atom is 1.00 e. The van der Waals surface area contributed by atoms with E-state index in [9.17, 15) is 18.1 Å². The second-order valence-electron chi connectivity index (χ2n) is 7.51. The Balaban J connectivity index is 0.00000392. The molecule has 150 valence electrons. The number of hydrogen-bond acceptors (Lipinski definition) is 5. The van der Waals surface area contributed by atoms with Crippen molar-refractivity contribution < 1.29 is 51.8 Å². The number of aryl methyl sites for hydroxylation is 1. The fraction of sp³-hybridized carbons (Fsp3) is 0.524. The van der Waals surface area contributed by atoms with Crippen LogP contribution in [0.1, 0.15) is 69.9 Å². The standard InChI is InChI=1S/C21H30O5S.Na/c1-5-6-7-8-16-12-19(22)21(20(13-16)26-27(23,24)25)18-11-15(4)9-10-17(18)14(2)3;/h11-13,17-18,22H,2,5-10H2,1,3-4H3,(H,23,24,25);/q;+1/p-1/t17-,18+;/m0./s1. The molecule has 7 heteroatoms.